The number of allylic oxidation sites excluding steroid dienone is 1. The van der Waals surface area contributed by atoms with Crippen molar-refractivity contribution < 1.29 is 14.6 Å². The Bertz CT molecular complexity index is 276. The molecular formula is C11H16O3. The molecule has 0 saturated carbocycles. The van der Waals surface area contributed by atoms with Crippen LogP contribution in [0.5, 0.6) is 0 Å². The number of hydrogen-bond donors (Lipinski definition) is 1. The van der Waals surface area contributed by atoms with Gasteiger partial charge in [-0.2, -0.15) is 0 Å². The maximum Gasteiger partial charge on any atom is 0.331 e. The summed E-state index contributed by atoms with van der Waals surface area (Å²) in [5.74, 6) is -0.301. The summed E-state index contributed by atoms with van der Waals surface area (Å²) >= 11 is 0. The van der Waals surface area contributed by atoms with Gasteiger partial charge in [-0.25, -0.2) is 4.79 Å². The third kappa shape index (κ3) is 2.37. The van der Waals surface area contributed by atoms with Gasteiger partial charge in [0.1, 0.15) is 5.76 Å². The minimum Gasteiger partial charge on any atom is -0.494 e. The van der Waals surface area contributed by atoms with Gasteiger partial charge < -0.3 is 9.84 Å². The van der Waals surface area contributed by atoms with Crippen LogP contribution in [0.3, 0.4) is 0 Å². The second-order valence-electron chi connectivity index (χ2n) is 3.33. The van der Waals surface area contributed by atoms with Gasteiger partial charge in [0.05, 0.1) is 6.61 Å². The van der Waals surface area contributed by atoms with Gasteiger partial charge in [-0.3, -0.25) is 0 Å². The third-order valence-corrected chi connectivity index (χ3v) is 2.38. The van der Waals surface area contributed by atoms with Crippen molar-refractivity contribution in [3.63, 3.8) is 0 Å². The molecule has 14 heavy (non-hydrogen) atoms. The molecule has 0 aromatic carbocycles. The second-order valence-corrected chi connectivity index (χ2v) is 3.33. The van der Waals surface area contributed by atoms with Crippen molar-refractivity contribution >= 4 is 5.97 Å². The SMILES string of the molecule is C=C(OCC)C1=C(C(=O)O)CCCC1. The minimum atomic E-state index is -0.833. The number of ether oxygens (including phenoxy) is 1. The summed E-state index contributed by atoms with van der Waals surface area (Å²) in [7, 11) is 0. The fraction of sp³-hybridized carbons (Fsp3) is 0.545. The lowest BCUT2D eigenvalue weighted by Crippen LogP contribution is -2.11. The predicted octanol–water partition coefficient (Wildman–Crippen LogP) is 2.49. The summed E-state index contributed by atoms with van der Waals surface area (Å²) < 4.78 is 5.25. The first-order valence-corrected chi connectivity index (χ1v) is 4.94. The van der Waals surface area contributed by atoms with Gasteiger partial charge in [-0.1, -0.05) is 6.58 Å². The summed E-state index contributed by atoms with van der Waals surface area (Å²) in [6, 6.07) is 0. The van der Waals surface area contributed by atoms with Gasteiger partial charge in [0, 0.05) is 11.1 Å². The van der Waals surface area contributed by atoms with Gasteiger partial charge in [0.2, 0.25) is 0 Å². The Labute approximate surface area is 84.1 Å². The first kappa shape index (κ1) is 10.8. The molecule has 0 fully saturated rings. The van der Waals surface area contributed by atoms with Gasteiger partial charge >= 0.3 is 5.97 Å². The van der Waals surface area contributed by atoms with Crippen molar-refractivity contribution in [3.8, 4) is 0 Å². The molecule has 0 aromatic heterocycles. The van der Waals surface area contributed by atoms with E-state index in [0.29, 0.717) is 24.4 Å². The molecule has 1 aliphatic rings. The second kappa shape index (κ2) is 4.84. The summed E-state index contributed by atoms with van der Waals surface area (Å²) in [6.45, 7) is 6.16. The smallest absolute Gasteiger partial charge is 0.331 e. The van der Waals surface area contributed by atoms with Crippen LogP contribution in [0.15, 0.2) is 23.5 Å². The molecule has 0 spiro atoms. The highest BCUT2D eigenvalue weighted by Crippen LogP contribution is 2.29. The first-order valence-electron chi connectivity index (χ1n) is 4.94. The lowest BCUT2D eigenvalue weighted by molar-refractivity contribution is -0.133. The van der Waals surface area contributed by atoms with E-state index < -0.39 is 5.97 Å². The van der Waals surface area contributed by atoms with Gasteiger partial charge in [0.15, 0.2) is 0 Å². The topological polar surface area (TPSA) is 46.5 Å². The van der Waals surface area contributed by atoms with Gasteiger partial charge in [-0.05, 0) is 32.6 Å². The standard InChI is InChI=1S/C11H16O3/c1-3-14-8(2)9-6-4-5-7-10(9)11(12)13/h2-7H2,1H3,(H,12,13). The normalized spacial score (nSPS) is 16.6. The van der Waals surface area contributed by atoms with Crippen LogP contribution in [0.25, 0.3) is 0 Å². The van der Waals surface area contributed by atoms with Gasteiger partial charge in [0.25, 0.3) is 0 Å². The monoisotopic (exact) mass is 196 g/mol. The lowest BCUT2D eigenvalue weighted by Gasteiger charge is -2.19. The molecular weight excluding hydrogens is 180 g/mol. The van der Waals surface area contributed by atoms with Crippen LogP contribution in [-0.4, -0.2) is 17.7 Å². The molecule has 0 heterocycles. The van der Waals surface area contributed by atoms with Crippen molar-refractivity contribution in [2.24, 2.45) is 0 Å². The van der Waals surface area contributed by atoms with Crippen LogP contribution < -0.4 is 0 Å². The molecule has 0 bridgehead atoms. The average molecular weight is 196 g/mol. The van der Waals surface area contributed by atoms with E-state index >= 15 is 0 Å². The molecule has 1 rings (SSSR count). The fourth-order valence-corrected chi connectivity index (χ4v) is 1.71. The average Bonchev–Trinajstić information content (AvgIpc) is 2.18. The Morgan fingerprint density at radius 2 is 2.00 bits per heavy atom. The maximum absolute atomic E-state index is 10.9. The van der Waals surface area contributed by atoms with Crippen LogP contribution in [0.4, 0.5) is 0 Å². The van der Waals surface area contributed by atoms with E-state index in [-0.39, 0.29) is 0 Å². The Hall–Kier alpha value is -1.25. The highest BCUT2D eigenvalue weighted by Gasteiger charge is 2.20. The molecule has 0 saturated heterocycles. The number of aliphatic carboxylic acids is 1. The largest absolute Gasteiger partial charge is 0.494 e. The van der Waals surface area contributed by atoms with Crippen LogP contribution in [0.2, 0.25) is 0 Å². The molecule has 0 aromatic rings. The highest BCUT2D eigenvalue weighted by molar-refractivity contribution is 5.88. The Kier molecular flexibility index (Phi) is 3.74. The van der Waals surface area contributed by atoms with E-state index in [2.05, 4.69) is 6.58 Å². The summed E-state index contributed by atoms with van der Waals surface area (Å²) in [5.41, 5.74) is 1.28. The van der Waals surface area contributed by atoms with Crippen LogP contribution in [0.1, 0.15) is 32.6 Å². The molecule has 0 unspecified atom stereocenters. The van der Waals surface area contributed by atoms with Crippen molar-refractivity contribution in [2.45, 2.75) is 32.6 Å². The highest BCUT2D eigenvalue weighted by atomic mass is 16.5. The van der Waals surface area contributed by atoms with Crippen LogP contribution in [0, 0.1) is 0 Å². The van der Waals surface area contributed by atoms with E-state index in [1.54, 1.807) is 0 Å². The first-order chi connectivity index (χ1) is 6.66. The summed E-state index contributed by atoms with van der Waals surface area (Å²) in [5, 5.41) is 8.97. The molecule has 1 N–H and O–H groups in total. The minimum absolute atomic E-state index is 0.481. The molecule has 78 valence electrons. The van der Waals surface area contributed by atoms with Crippen LogP contribution >= 0.6 is 0 Å². The fourth-order valence-electron chi connectivity index (χ4n) is 1.71. The zero-order valence-electron chi connectivity index (χ0n) is 8.51. The molecule has 0 radical (unpaired) electrons. The molecule has 0 atom stereocenters. The van der Waals surface area contributed by atoms with Crippen molar-refractivity contribution in [1.29, 1.82) is 0 Å². The molecule has 0 amide bonds. The quantitative estimate of drug-likeness (QED) is 0.703. The van der Waals surface area contributed by atoms with E-state index in [1.807, 2.05) is 6.92 Å². The summed E-state index contributed by atoms with van der Waals surface area (Å²) in [4.78, 5) is 10.9. The number of carboxylic acids is 1. The third-order valence-electron chi connectivity index (χ3n) is 2.38. The number of carbonyl (C=O) groups is 1. The Morgan fingerprint density at radius 3 is 2.50 bits per heavy atom. The molecule has 1 aliphatic carbocycles. The zero-order valence-corrected chi connectivity index (χ0v) is 8.51. The van der Waals surface area contributed by atoms with E-state index in [9.17, 15) is 4.79 Å². The Morgan fingerprint density at radius 1 is 1.43 bits per heavy atom. The van der Waals surface area contributed by atoms with E-state index in [1.165, 1.54) is 0 Å². The maximum atomic E-state index is 10.9. The van der Waals surface area contributed by atoms with Crippen molar-refractivity contribution in [1.82, 2.24) is 0 Å². The lowest BCUT2D eigenvalue weighted by atomic mass is 9.91. The van der Waals surface area contributed by atoms with Gasteiger partial charge in [-0.15, -0.1) is 0 Å². The number of rotatable bonds is 4. The Balaban J connectivity index is 2.88. The molecule has 3 nitrogen and oxygen atoms in total. The molecule has 0 aliphatic heterocycles. The summed E-state index contributed by atoms with van der Waals surface area (Å²) in [6.07, 6.45) is 3.39. The van der Waals surface area contributed by atoms with Crippen molar-refractivity contribution in [3.05, 3.63) is 23.5 Å². The van der Waals surface area contributed by atoms with E-state index in [4.69, 9.17) is 9.84 Å². The van der Waals surface area contributed by atoms with Crippen molar-refractivity contribution in [2.75, 3.05) is 6.61 Å². The van der Waals surface area contributed by atoms with E-state index in [0.717, 1.165) is 24.8 Å². The number of hydrogen-bond acceptors (Lipinski definition) is 2. The number of carboxylic acid groups (broad SMARTS) is 1. The zero-order chi connectivity index (χ0) is 10.6. The predicted molar refractivity (Wildman–Crippen MR) is 53.9 cm³/mol. The molecule has 3 heteroatoms. The van der Waals surface area contributed by atoms with Crippen LogP contribution in [-0.2, 0) is 9.53 Å².